The Morgan fingerprint density at radius 3 is 2.31 bits per heavy atom. The number of anilines is 1. The van der Waals surface area contributed by atoms with Gasteiger partial charge in [0.05, 0.1) is 16.8 Å². The Kier molecular flexibility index (Phi) is 5.77. The van der Waals surface area contributed by atoms with Gasteiger partial charge in [0, 0.05) is 36.9 Å². The molecule has 1 saturated heterocycles. The highest BCUT2D eigenvalue weighted by Gasteiger charge is 2.33. The van der Waals surface area contributed by atoms with Crippen LogP contribution in [0.5, 0.6) is 0 Å². The molecule has 3 heterocycles. The number of para-hydroxylation sites is 1. The molecule has 9 heteroatoms. The van der Waals surface area contributed by atoms with Crippen LogP contribution in [0.3, 0.4) is 0 Å². The average molecular weight is 485 g/mol. The van der Waals surface area contributed by atoms with Crippen molar-refractivity contribution in [3.05, 3.63) is 83.3 Å². The van der Waals surface area contributed by atoms with Crippen LogP contribution in [-0.4, -0.2) is 48.7 Å². The monoisotopic (exact) mass is 484 g/mol. The molecule has 0 aliphatic carbocycles. The third-order valence-corrected chi connectivity index (χ3v) is 8.50. The maximum Gasteiger partial charge on any atom is 0.247 e. The predicted octanol–water partition coefficient (Wildman–Crippen LogP) is 4.77. The van der Waals surface area contributed by atoms with Crippen molar-refractivity contribution >= 4 is 38.6 Å². The normalized spacial score (nSPS) is 15.2. The first-order chi connectivity index (χ1) is 15.5. The number of aromatic nitrogens is 2. The largest absolute Gasteiger partial charge is 0.369 e. The molecule has 1 aliphatic heterocycles. The Morgan fingerprint density at radius 1 is 0.875 bits per heavy atom. The molecule has 32 heavy (non-hydrogen) atoms. The molecule has 2 aromatic carbocycles. The molecular weight excluding hydrogens is 464 g/mol. The summed E-state index contributed by atoms with van der Waals surface area (Å²) >= 11 is 7.60. The smallest absolute Gasteiger partial charge is 0.247 e. The molecule has 0 unspecified atom stereocenters. The molecule has 1 fully saturated rings. The summed E-state index contributed by atoms with van der Waals surface area (Å²) in [6.07, 6.45) is 1.63. The van der Waals surface area contributed by atoms with Gasteiger partial charge in [-0.2, -0.15) is 9.40 Å². The van der Waals surface area contributed by atoms with Crippen LogP contribution in [0.1, 0.15) is 0 Å². The van der Waals surface area contributed by atoms with Gasteiger partial charge in [-0.25, -0.2) is 13.1 Å². The van der Waals surface area contributed by atoms with E-state index in [9.17, 15) is 8.42 Å². The fourth-order valence-corrected chi connectivity index (χ4v) is 6.37. The summed E-state index contributed by atoms with van der Waals surface area (Å²) in [6.45, 7) is 1.99. The SMILES string of the molecule is O=S(=O)(c1cn(-c2ccccc2)nc1-c1cccs1)N1CCN(c2cccc(Cl)c2)CC1. The molecule has 0 amide bonds. The molecule has 0 spiro atoms. The number of sulfonamides is 1. The van der Waals surface area contributed by atoms with E-state index in [0.29, 0.717) is 36.9 Å². The molecule has 0 bridgehead atoms. The molecular formula is C23H21ClN4O2S2. The molecule has 4 aromatic rings. The van der Waals surface area contributed by atoms with E-state index in [4.69, 9.17) is 11.6 Å². The van der Waals surface area contributed by atoms with Gasteiger partial charge in [-0.05, 0) is 41.8 Å². The van der Waals surface area contributed by atoms with Crippen molar-refractivity contribution in [1.29, 1.82) is 0 Å². The van der Waals surface area contributed by atoms with Crippen LogP contribution in [0.15, 0.2) is 83.2 Å². The van der Waals surface area contributed by atoms with E-state index < -0.39 is 10.0 Å². The summed E-state index contributed by atoms with van der Waals surface area (Å²) in [5.74, 6) is 0. The molecule has 0 atom stereocenters. The lowest BCUT2D eigenvalue weighted by atomic mass is 10.2. The number of halogens is 1. The molecule has 6 nitrogen and oxygen atoms in total. The highest BCUT2D eigenvalue weighted by atomic mass is 35.5. The van der Waals surface area contributed by atoms with Crippen molar-refractivity contribution in [2.75, 3.05) is 31.1 Å². The van der Waals surface area contributed by atoms with Gasteiger partial charge < -0.3 is 4.90 Å². The van der Waals surface area contributed by atoms with Gasteiger partial charge >= 0.3 is 0 Å². The first-order valence-electron chi connectivity index (χ1n) is 10.2. The number of rotatable bonds is 5. The predicted molar refractivity (Wildman–Crippen MR) is 129 cm³/mol. The van der Waals surface area contributed by atoms with E-state index in [1.807, 2.05) is 72.1 Å². The lowest BCUT2D eigenvalue weighted by molar-refractivity contribution is 0.385. The zero-order chi connectivity index (χ0) is 22.1. The minimum atomic E-state index is -3.72. The summed E-state index contributed by atoms with van der Waals surface area (Å²) in [6, 6.07) is 21.0. The maximum absolute atomic E-state index is 13.7. The molecule has 164 valence electrons. The van der Waals surface area contributed by atoms with Crippen molar-refractivity contribution in [2.24, 2.45) is 0 Å². The minimum absolute atomic E-state index is 0.236. The lowest BCUT2D eigenvalue weighted by Crippen LogP contribution is -2.48. The Hall–Kier alpha value is -2.65. The van der Waals surface area contributed by atoms with E-state index in [1.165, 1.54) is 11.3 Å². The second-order valence-corrected chi connectivity index (χ2v) is 10.8. The summed E-state index contributed by atoms with van der Waals surface area (Å²) < 4.78 is 30.6. The highest BCUT2D eigenvalue weighted by Crippen LogP contribution is 2.33. The minimum Gasteiger partial charge on any atom is -0.369 e. The fourth-order valence-electron chi connectivity index (χ4n) is 3.84. The van der Waals surface area contributed by atoms with Crippen molar-refractivity contribution in [1.82, 2.24) is 14.1 Å². The number of hydrogen-bond donors (Lipinski definition) is 0. The highest BCUT2D eigenvalue weighted by molar-refractivity contribution is 7.89. The van der Waals surface area contributed by atoms with E-state index in [-0.39, 0.29) is 4.90 Å². The molecule has 5 rings (SSSR count). The number of hydrogen-bond acceptors (Lipinski definition) is 5. The third-order valence-electron chi connectivity index (χ3n) is 5.49. The van der Waals surface area contributed by atoms with Gasteiger partial charge in [0.25, 0.3) is 0 Å². The standard InChI is InChI=1S/C23H21ClN4O2S2/c24-18-6-4-9-20(16-18)26-11-13-27(14-12-26)32(29,30)22-17-28(19-7-2-1-3-8-19)25-23(22)21-10-5-15-31-21/h1-10,15-17H,11-14H2. The van der Waals surface area contributed by atoms with E-state index in [2.05, 4.69) is 10.00 Å². The quantitative estimate of drug-likeness (QED) is 0.409. The van der Waals surface area contributed by atoms with Crippen LogP contribution in [0, 0.1) is 0 Å². The molecule has 0 radical (unpaired) electrons. The maximum atomic E-state index is 13.7. The van der Waals surface area contributed by atoms with Crippen molar-refractivity contribution < 1.29 is 8.42 Å². The Balaban J connectivity index is 1.45. The van der Waals surface area contributed by atoms with Crippen LogP contribution in [0.4, 0.5) is 5.69 Å². The summed E-state index contributed by atoms with van der Waals surface area (Å²) in [7, 11) is -3.72. The topological polar surface area (TPSA) is 58.4 Å². The second-order valence-electron chi connectivity index (χ2n) is 7.47. The first-order valence-corrected chi connectivity index (χ1v) is 12.9. The summed E-state index contributed by atoms with van der Waals surface area (Å²) in [4.78, 5) is 3.22. The van der Waals surface area contributed by atoms with Gasteiger partial charge in [0.15, 0.2) is 0 Å². The Morgan fingerprint density at radius 2 is 1.62 bits per heavy atom. The molecule has 0 saturated carbocycles. The third kappa shape index (κ3) is 4.06. The fraction of sp³-hybridized carbons (Fsp3) is 0.174. The van der Waals surface area contributed by atoms with E-state index in [1.54, 1.807) is 15.2 Å². The van der Waals surface area contributed by atoms with Gasteiger partial charge in [0.2, 0.25) is 10.0 Å². The second kappa shape index (κ2) is 8.71. The molecule has 2 aromatic heterocycles. The van der Waals surface area contributed by atoms with E-state index >= 15 is 0 Å². The van der Waals surface area contributed by atoms with Crippen molar-refractivity contribution in [3.63, 3.8) is 0 Å². The number of thiophene rings is 1. The summed E-state index contributed by atoms with van der Waals surface area (Å²) in [5, 5.41) is 7.25. The first kappa shape index (κ1) is 21.2. The zero-order valence-corrected chi connectivity index (χ0v) is 19.5. The number of piperazine rings is 1. The Bertz CT molecular complexity index is 1310. The van der Waals surface area contributed by atoms with Crippen LogP contribution in [0.25, 0.3) is 16.3 Å². The van der Waals surface area contributed by atoms with Crippen molar-refractivity contribution in [3.8, 4) is 16.3 Å². The number of benzene rings is 2. The molecule has 0 N–H and O–H groups in total. The lowest BCUT2D eigenvalue weighted by Gasteiger charge is -2.35. The van der Waals surface area contributed by atoms with Crippen LogP contribution in [0.2, 0.25) is 5.02 Å². The van der Waals surface area contributed by atoms with Crippen LogP contribution < -0.4 is 4.90 Å². The van der Waals surface area contributed by atoms with Crippen LogP contribution >= 0.6 is 22.9 Å². The van der Waals surface area contributed by atoms with Gasteiger partial charge in [0.1, 0.15) is 10.6 Å². The molecule has 1 aliphatic rings. The average Bonchev–Trinajstić information content (AvgIpc) is 3.50. The Labute approximate surface area is 196 Å². The van der Waals surface area contributed by atoms with Crippen LogP contribution in [-0.2, 0) is 10.0 Å². The van der Waals surface area contributed by atoms with Gasteiger partial charge in [-0.15, -0.1) is 11.3 Å². The zero-order valence-electron chi connectivity index (χ0n) is 17.1. The van der Waals surface area contributed by atoms with Crippen molar-refractivity contribution in [2.45, 2.75) is 4.90 Å². The van der Waals surface area contributed by atoms with Gasteiger partial charge in [-0.3, -0.25) is 0 Å². The van der Waals surface area contributed by atoms with Gasteiger partial charge in [-0.1, -0.05) is 41.9 Å². The van der Waals surface area contributed by atoms with E-state index in [0.717, 1.165) is 16.3 Å². The number of nitrogens with zero attached hydrogens (tertiary/aromatic N) is 4. The summed E-state index contributed by atoms with van der Waals surface area (Å²) in [5.41, 5.74) is 2.31.